The van der Waals surface area contributed by atoms with E-state index in [-0.39, 0.29) is 0 Å². The average Bonchev–Trinajstić information content (AvgIpc) is 2.17. The van der Waals surface area contributed by atoms with Gasteiger partial charge in [-0.25, -0.2) is 0 Å². The van der Waals surface area contributed by atoms with E-state index >= 15 is 0 Å². The predicted molar refractivity (Wildman–Crippen MR) is 62.7 cm³/mol. The van der Waals surface area contributed by atoms with Gasteiger partial charge in [0.15, 0.2) is 0 Å². The molecule has 0 aromatic carbocycles. The molecule has 14 heavy (non-hydrogen) atoms. The first kappa shape index (κ1) is 12.0. The second kappa shape index (κ2) is 7.27. The summed E-state index contributed by atoms with van der Waals surface area (Å²) in [6.45, 7) is 1.95. The molecule has 0 aromatic heterocycles. The number of alkyl halides is 1. The van der Waals surface area contributed by atoms with Crippen molar-refractivity contribution < 1.29 is 4.79 Å². The highest BCUT2D eigenvalue weighted by Gasteiger charge is 2.14. The molecule has 0 radical (unpaired) electrons. The van der Waals surface area contributed by atoms with Crippen molar-refractivity contribution in [1.29, 1.82) is 0 Å². The molecule has 1 fully saturated rings. The maximum Gasteiger partial charge on any atom is 0.222 e. The molecule has 1 saturated heterocycles. The molecular weight excluding hydrogens is 242 g/mol. The first-order chi connectivity index (χ1) is 6.84. The van der Waals surface area contributed by atoms with E-state index in [2.05, 4.69) is 20.8 Å². The lowest BCUT2D eigenvalue weighted by Crippen LogP contribution is -2.33. The van der Waals surface area contributed by atoms with E-state index in [4.69, 9.17) is 0 Å². The van der Waals surface area contributed by atoms with Crippen LogP contribution in [0.25, 0.3) is 0 Å². The maximum absolute atomic E-state index is 11.7. The number of hydrogen-bond acceptors (Lipinski definition) is 1. The van der Waals surface area contributed by atoms with Gasteiger partial charge in [-0.1, -0.05) is 28.8 Å². The third-order valence-corrected chi connectivity index (χ3v) is 3.29. The molecular formula is C11H20BrNO. The quantitative estimate of drug-likeness (QED) is 0.563. The van der Waals surface area contributed by atoms with Crippen LogP contribution in [0.15, 0.2) is 0 Å². The zero-order valence-electron chi connectivity index (χ0n) is 8.80. The van der Waals surface area contributed by atoms with Gasteiger partial charge in [0, 0.05) is 24.8 Å². The fourth-order valence-electron chi connectivity index (χ4n) is 1.85. The average molecular weight is 262 g/mol. The minimum Gasteiger partial charge on any atom is -0.343 e. The minimum atomic E-state index is 0.374. The van der Waals surface area contributed by atoms with Crippen LogP contribution in [0.2, 0.25) is 0 Å². The summed E-state index contributed by atoms with van der Waals surface area (Å²) in [6, 6.07) is 0. The molecule has 1 rings (SSSR count). The van der Waals surface area contributed by atoms with Gasteiger partial charge in [-0.15, -0.1) is 0 Å². The Morgan fingerprint density at radius 3 is 2.71 bits per heavy atom. The third-order valence-electron chi connectivity index (χ3n) is 2.73. The van der Waals surface area contributed by atoms with E-state index in [1.54, 1.807) is 0 Å². The number of rotatable bonds is 4. The SMILES string of the molecule is O=C1CCCCCCN1CCCCBr. The second-order valence-electron chi connectivity index (χ2n) is 3.94. The Morgan fingerprint density at radius 2 is 1.93 bits per heavy atom. The van der Waals surface area contributed by atoms with Crippen molar-refractivity contribution in [1.82, 2.24) is 4.90 Å². The Kier molecular flexibility index (Phi) is 6.24. The van der Waals surface area contributed by atoms with Gasteiger partial charge < -0.3 is 4.90 Å². The van der Waals surface area contributed by atoms with E-state index in [0.29, 0.717) is 5.91 Å². The van der Waals surface area contributed by atoms with Gasteiger partial charge in [0.05, 0.1) is 0 Å². The Bertz CT molecular complexity index is 173. The van der Waals surface area contributed by atoms with Crippen molar-refractivity contribution in [2.75, 3.05) is 18.4 Å². The summed E-state index contributed by atoms with van der Waals surface area (Å²) in [4.78, 5) is 13.7. The molecule has 1 heterocycles. The van der Waals surface area contributed by atoms with Gasteiger partial charge >= 0.3 is 0 Å². The van der Waals surface area contributed by atoms with E-state index in [1.807, 2.05) is 0 Å². The lowest BCUT2D eigenvalue weighted by molar-refractivity contribution is -0.131. The summed E-state index contributed by atoms with van der Waals surface area (Å²) in [5.74, 6) is 0.374. The van der Waals surface area contributed by atoms with Crippen LogP contribution in [-0.2, 0) is 4.79 Å². The van der Waals surface area contributed by atoms with Crippen LogP contribution >= 0.6 is 15.9 Å². The molecule has 0 saturated carbocycles. The van der Waals surface area contributed by atoms with Crippen LogP contribution in [-0.4, -0.2) is 29.2 Å². The van der Waals surface area contributed by atoms with Gasteiger partial charge in [-0.2, -0.15) is 0 Å². The van der Waals surface area contributed by atoms with Crippen LogP contribution in [0.3, 0.4) is 0 Å². The fraction of sp³-hybridized carbons (Fsp3) is 0.909. The van der Waals surface area contributed by atoms with Crippen molar-refractivity contribution in [2.24, 2.45) is 0 Å². The number of unbranched alkanes of at least 4 members (excludes halogenated alkanes) is 1. The van der Waals surface area contributed by atoms with Crippen molar-refractivity contribution in [3.05, 3.63) is 0 Å². The number of nitrogens with zero attached hydrogens (tertiary/aromatic N) is 1. The normalized spacial score (nSPS) is 19.2. The summed E-state index contributed by atoms with van der Waals surface area (Å²) in [6.07, 6.45) is 7.89. The number of amides is 1. The summed E-state index contributed by atoms with van der Waals surface area (Å²) < 4.78 is 0. The predicted octanol–water partition coefficient (Wildman–Crippen LogP) is 2.95. The Morgan fingerprint density at radius 1 is 1.14 bits per heavy atom. The summed E-state index contributed by atoms with van der Waals surface area (Å²) in [7, 11) is 0. The number of halogens is 1. The van der Waals surface area contributed by atoms with Crippen LogP contribution < -0.4 is 0 Å². The van der Waals surface area contributed by atoms with Gasteiger partial charge in [-0.05, 0) is 25.7 Å². The summed E-state index contributed by atoms with van der Waals surface area (Å²) in [5, 5.41) is 1.05. The molecule has 0 spiro atoms. The lowest BCUT2D eigenvalue weighted by atomic mass is 10.1. The number of carbonyl (C=O) groups is 1. The molecule has 1 aliphatic heterocycles. The molecule has 1 aliphatic rings. The molecule has 1 amide bonds. The maximum atomic E-state index is 11.7. The summed E-state index contributed by atoms with van der Waals surface area (Å²) in [5.41, 5.74) is 0. The van der Waals surface area contributed by atoms with Crippen molar-refractivity contribution >= 4 is 21.8 Å². The van der Waals surface area contributed by atoms with E-state index in [9.17, 15) is 4.79 Å². The molecule has 0 bridgehead atoms. The van der Waals surface area contributed by atoms with Gasteiger partial charge in [-0.3, -0.25) is 4.79 Å². The van der Waals surface area contributed by atoms with Crippen LogP contribution in [0, 0.1) is 0 Å². The third kappa shape index (κ3) is 4.45. The zero-order valence-corrected chi connectivity index (χ0v) is 10.4. The first-order valence-electron chi connectivity index (χ1n) is 5.68. The molecule has 3 heteroatoms. The number of likely N-dealkylation sites (tertiary alicyclic amines) is 1. The highest BCUT2D eigenvalue weighted by atomic mass is 79.9. The molecule has 2 nitrogen and oxygen atoms in total. The molecule has 0 unspecified atom stereocenters. The van der Waals surface area contributed by atoms with E-state index in [1.165, 1.54) is 25.7 Å². The largest absolute Gasteiger partial charge is 0.343 e. The fourth-order valence-corrected chi connectivity index (χ4v) is 2.25. The minimum absolute atomic E-state index is 0.374. The van der Waals surface area contributed by atoms with E-state index in [0.717, 1.165) is 37.7 Å². The highest BCUT2D eigenvalue weighted by Crippen LogP contribution is 2.12. The first-order valence-corrected chi connectivity index (χ1v) is 6.80. The standard InChI is InChI=1S/C11H20BrNO/c12-8-4-6-10-13-9-5-2-1-3-7-11(13)14/h1-10H2. The highest BCUT2D eigenvalue weighted by molar-refractivity contribution is 9.09. The molecule has 0 N–H and O–H groups in total. The Hall–Kier alpha value is -0.0500. The smallest absolute Gasteiger partial charge is 0.222 e. The molecule has 0 atom stereocenters. The lowest BCUT2D eigenvalue weighted by Gasteiger charge is -2.24. The number of hydrogen-bond donors (Lipinski definition) is 0. The van der Waals surface area contributed by atoms with Gasteiger partial charge in [0.2, 0.25) is 5.91 Å². The second-order valence-corrected chi connectivity index (χ2v) is 4.73. The van der Waals surface area contributed by atoms with Gasteiger partial charge in [0.1, 0.15) is 0 Å². The number of carbonyl (C=O) groups excluding carboxylic acids is 1. The molecule has 82 valence electrons. The molecule has 0 aliphatic carbocycles. The zero-order chi connectivity index (χ0) is 10.2. The van der Waals surface area contributed by atoms with Crippen LogP contribution in [0.1, 0.15) is 44.9 Å². The van der Waals surface area contributed by atoms with Crippen molar-refractivity contribution in [2.45, 2.75) is 44.9 Å². The van der Waals surface area contributed by atoms with Crippen molar-refractivity contribution in [3.63, 3.8) is 0 Å². The summed E-state index contributed by atoms with van der Waals surface area (Å²) >= 11 is 3.41. The van der Waals surface area contributed by atoms with Gasteiger partial charge in [0.25, 0.3) is 0 Å². The van der Waals surface area contributed by atoms with Crippen LogP contribution in [0.5, 0.6) is 0 Å². The monoisotopic (exact) mass is 261 g/mol. The Labute approximate surface area is 95.2 Å². The van der Waals surface area contributed by atoms with E-state index < -0.39 is 0 Å². The van der Waals surface area contributed by atoms with Crippen molar-refractivity contribution in [3.8, 4) is 0 Å². The Balaban J connectivity index is 2.26. The topological polar surface area (TPSA) is 20.3 Å². The van der Waals surface area contributed by atoms with Crippen LogP contribution in [0.4, 0.5) is 0 Å². The molecule has 0 aromatic rings.